The van der Waals surface area contributed by atoms with Gasteiger partial charge in [0.1, 0.15) is 11.6 Å². The van der Waals surface area contributed by atoms with E-state index in [2.05, 4.69) is 41.4 Å². The van der Waals surface area contributed by atoms with Gasteiger partial charge in [-0.15, -0.1) is 0 Å². The fourth-order valence-corrected chi connectivity index (χ4v) is 2.25. The molecule has 8 heteroatoms. The van der Waals surface area contributed by atoms with Crippen molar-refractivity contribution < 1.29 is 4.39 Å². The minimum absolute atomic E-state index is 0.0479. The van der Waals surface area contributed by atoms with Crippen LogP contribution < -0.4 is 5.32 Å². The minimum Gasteiger partial charge on any atom is -0.336 e. The van der Waals surface area contributed by atoms with E-state index in [1.807, 2.05) is 0 Å². The SMILES string of the molecule is Fc1cccc(Br)c1Nc1nc(Cl)nc2[nH]ncc12. The second kappa shape index (κ2) is 4.75. The van der Waals surface area contributed by atoms with Crippen molar-refractivity contribution in [1.82, 2.24) is 20.2 Å². The van der Waals surface area contributed by atoms with Crippen LogP contribution in [-0.2, 0) is 0 Å². The quantitative estimate of drug-likeness (QED) is 0.698. The molecule has 19 heavy (non-hydrogen) atoms. The van der Waals surface area contributed by atoms with E-state index in [4.69, 9.17) is 11.6 Å². The summed E-state index contributed by atoms with van der Waals surface area (Å²) in [4.78, 5) is 8.02. The Bertz CT molecular complexity index is 740. The largest absolute Gasteiger partial charge is 0.336 e. The number of aromatic amines is 1. The van der Waals surface area contributed by atoms with Crippen LogP contribution in [0, 0.1) is 5.82 Å². The van der Waals surface area contributed by atoms with Crippen molar-refractivity contribution in [3.8, 4) is 0 Å². The molecule has 96 valence electrons. The number of aromatic nitrogens is 4. The molecule has 0 amide bonds. The summed E-state index contributed by atoms with van der Waals surface area (Å²) >= 11 is 9.09. The predicted molar refractivity (Wildman–Crippen MR) is 74.1 cm³/mol. The molecule has 0 aliphatic rings. The molecule has 5 nitrogen and oxygen atoms in total. The zero-order valence-corrected chi connectivity index (χ0v) is 11.6. The van der Waals surface area contributed by atoms with Gasteiger partial charge in [-0.25, -0.2) is 4.39 Å². The Balaban J connectivity index is 2.13. The monoisotopic (exact) mass is 341 g/mol. The van der Waals surface area contributed by atoms with Gasteiger partial charge < -0.3 is 5.32 Å². The zero-order valence-electron chi connectivity index (χ0n) is 9.28. The van der Waals surface area contributed by atoms with Crippen molar-refractivity contribution in [3.05, 3.63) is 40.0 Å². The molecule has 1 aromatic carbocycles. The molecule has 0 atom stereocenters. The summed E-state index contributed by atoms with van der Waals surface area (Å²) in [6.07, 6.45) is 1.54. The fourth-order valence-electron chi connectivity index (χ4n) is 1.64. The molecule has 0 saturated heterocycles. The van der Waals surface area contributed by atoms with Gasteiger partial charge in [0, 0.05) is 4.47 Å². The average molecular weight is 343 g/mol. The Morgan fingerprint density at radius 1 is 1.32 bits per heavy atom. The molecule has 2 aromatic heterocycles. The third-order valence-corrected chi connectivity index (χ3v) is 3.32. The molecule has 0 fully saturated rings. The Kier molecular flexibility index (Phi) is 3.08. The maximum Gasteiger partial charge on any atom is 0.226 e. The first kappa shape index (κ1) is 12.3. The molecule has 2 N–H and O–H groups in total. The molecule has 0 aliphatic heterocycles. The van der Waals surface area contributed by atoms with Crippen LogP contribution in [0.25, 0.3) is 11.0 Å². The van der Waals surface area contributed by atoms with Gasteiger partial charge in [-0.05, 0) is 39.7 Å². The highest BCUT2D eigenvalue weighted by Gasteiger charge is 2.12. The van der Waals surface area contributed by atoms with Crippen LogP contribution in [0.15, 0.2) is 28.9 Å². The molecular formula is C11H6BrClFN5. The minimum atomic E-state index is -0.402. The third-order valence-electron chi connectivity index (χ3n) is 2.49. The molecule has 0 spiro atoms. The number of rotatable bonds is 2. The number of halogens is 3. The van der Waals surface area contributed by atoms with Gasteiger partial charge >= 0.3 is 0 Å². The fraction of sp³-hybridized carbons (Fsp3) is 0. The Hall–Kier alpha value is -1.73. The normalized spacial score (nSPS) is 10.9. The lowest BCUT2D eigenvalue weighted by atomic mass is 10.3. The highest BCUT2D eigenvalue weighted by Crippen LogP contribution is 2.30. The summed E-state index contributed by atoms with van der Waals surface area (Å²) in [5, 5.41) is 10.1. The van der Waals surface area contributed by atoms with E-state index in [0.717, 1.165) is 0 Å². The molecule has 0 bridgehead atoms. The first-order chi connectivity index (χ1) is 9.15. The second-order valence-electron chi connectivity index (χ2n) is 3.70. The lowest BCUT2D eigenvalue weighted by Gasteiger charge is -2.09. The van der Waals surface area contributed by atoms with Gasteiger partial charge in [-0.2, -0.15) is 15.1 Å². The van der Waals surface area contributed by atoms with Crippen LogP contribution in [0.4, 0.5) is 15.9 Å². The number of H-pyrrole nitrogens is 1. The van der Waals surface area contributed by atoms with Crippen molar-refractivity contribution in [3.63, 3.8) is 0 Å². The van der Waals surface area contributed by atoms with E-state index >= 15 is 0 Å². The molecule has 3 rings (SSSR count). The third kappa shape index (κ3) is 2.26. The maximum atomic E-state index is 13.8. The van der Waals surface area contributed by atoms with Crippen LogP contribution in [0.3, 0.4) is 0 Å². The highest BCUT2D eigenvalue weighted by molar-refractivity contribution is 9.10. The smallest absolute Gasteiger partial charge is 0.226 e. The van der Waals surface area contributed by atoms with Gasteiger partial charge in [0.25, 0.3) is 0 Å². The molecule has 0 unspecified atom stereocenters. The van der Waals surface area contributed by atoms with Gasteiger partial charge in [0.05, 0.1) is 17.3 Å². The van der Waals surface area contributed by atoms with E-state index in [1.54, 1.807) is 18.3 Å². The first-order valence-electron chi connectivity index (χ1n) is 5.23. The van der Waals surface area contributed by atoms with Gasteiger partial charge in [-0.1, -0.05) is 6.07 Å². The van der Waals surface area contributed by atoms with Crippen LogP contribution >= 0.6 is 27.5 Å². The lowest BCUT2D eigenvalue weighted by Crippen LogP contribution is -1.99. The van der Waals surface area contributed by atoms with Crippen molar-refractivity contribution >= 4 is 50.1 Å². The van der Waals surface area contributed by atoms with Gasteiger partial charge in [0.2, 0.25) is 5.28 Å². The van der Waals surface area contributed by atoms with Crippen LogP contribution in [0.1, 0.15) is 0 Å². The van der Waals surface area contributed by atoms with Crippen molar-refractivity contribution in [2.24, 2.45) is 0 Å². The second-order valence-corrected chi connectivity index (χ2v) is 4.89. The van der Waals surface area contributed by atoms with Crippen molar-refractivity contribution in [2.45, 2.75) is 0 Å². The number of hydrogen-bond donors (Lipinski definition) is 2. The molecule has 2 heterocycles. The molecule has 0 aliphatic carbocycles. The standard InChI is InChI=1S/C11H6BrClFN5/c12-6-2-1-3-7(14)8(6)16-9-5-4-15-19-10(5)18-11(13)17-9/h1-4H,(H2,15,16,17,18,19). The maximum absolute atomic E-state index is 13.8. The van der Waals surface area contributed by atoms with Crippen LogP contribution in [0.2, 0.25) is 5.28 Å². The summed E-state index contributed by atoms with van der Waals surface area (Å²) in [5.74, 6) is -0.0182. The lowest BCUT2D eigenvalue weighted by molar-refractivity contribution is 0.631. The number of nitrogens with zero attached hydrogens (tertiary/aromatic N) is 3. The first-order valence-corrected chi connectivity index (χ1v) is 6.40. The van der Waals surface area contributed by atoms with E-state index in [1.165, 1.54) is 6.07 Å². The van der Waals surface area contributed by atoms with Gasteiger partial charge in [-0.3, -0.25) is 5.10 Å². The van der Waals surface area contributed by atoms with Crippen molar-refractivity contribution in [1.29, 1.82) is 0 Å². The van der Waals surface area contributed by atoms with Gasteiger partial charge in [0.15, 0.2) is 5.65 Å². The predicted octanol–water partition coefficient (Wildman–Crippen LogP) is 3.65. The zero-order chi connectivity index (χ0) is 13.4. The van der Waals surface area contributed by atoms with Crippen molar-refractivity contribution in [2.75, 3.05) is 5.32 Å². The molecule has 3 aromatic rings. The molecule has 0 saturated carbocycles. The number of anilines is 2. The summed E-state index contributed by atoms with van der Waals surface area (Å²) in [6.45, 7) is 0. The number of para-hydroxylation sites is 1. The Morgan fingerprint density at radius 3 is 2.95 bits per heavy atom. The Morgan fingerprint density at radius 2 is 2.16 bits per heavy atom. The van der Waals surface area contributed by atoms with E-state index < -0.39 is 5.82 Å². The molecule has 0 radical (unpaired) electrons. The van der Waals surface area contributed by atoms with Crippen LogP contribution in [-0.4, -0.2) is 20.2 Å². The Labute approximate surface area is 120 Å². The number of fused-ring (bicyclic) bond motifs is 1. The average Bonchev–Trinajstić information content (AvgIpc) is 2.81. The number of nitrogens with one attached hydrogen (secondary N) is 2. The van der Waals surface area contributed by atoms with Crippen LogP contribution in [0.5, 0.6) is 0 Å². The van der Waals surface area contributed by atoms with E-state index in [0.29, 0.717) is 21.3 Å². The summed E-state index contributed by atoms with van der Waals surface area (Å²) < 4.78 is 14.4. The molecular weight excluding hydrogens is 337 g/mol. The summed E-state index contributed by atoms with van der Waals surface area (Å²) in [5.41, 5.74) is 0.759. The summed E-state index contributed by atoms with van der Waals surface area (Å²) in [7, 11) is 0. The highest BCUT2D eigenvalue weighted by atomic mass is 79.9. The van der Waals surface area contributed by atoms with E-state index in [9.17, 15) is 4.39 Å². The number of benzene rings is 1. The summed E-state index contributed by atoms with van der Waals surface area (Å²) in [6, 6.07) is 4.67. The topological polar surface area (TPSA) is 66.5 Å². The van der Waals surface area contributed by atoms with E-state index in [-0.39, 0.29) is 11.0 Å². The number of hydrogen-bond acceptors (Lipinski definition) is 4.